The highest BCUT2D eigenvalue weighted by atomic mass is 32.1. The summed E-state index contributed by atoms with van der Waals surface area (Å²) in [7, 11) is 0. The molecule has 1 amide bonds. The quantitative estimate of drug-likeness (QED) is 0.512. The number of benzene rings is 2. The third kappa shape index (κ3) is 4.33. The Morgan fingerprint density at radius 2 is 1.78 bits per heavy atom. The topological polar surface area (TPSA) is 84.3 Å². The maximum atomic E-state index is 12.1. The second-order valence-electron chi connectivity index (χ2n) is 5.03. The van der Waals surface area contributed by atoms with Crippen LogP contribution in [0, 0.1) is 24.0 Å². The summed E-state index contributed by atoms with van der Waals surface area (Å²) in [5.41, 5.74) is 3.11. The molecule has 0 aromatic heterocycles. The molecular weight excluding hydrogens is 314 g/mol. The van der Waals surface area contributed by atoms with E-state index in [2.05, 4.69) is 10.6 Å². The van der Waals surface area contributed by atoms with Crippen molar-refractivity contribution in [2.75, 3.05) is 5.32 Å². The van der Waals surface area contributed by atoms with Crippen molar-refractivity contribution in [1.82, 2.24) is 5.32 Å². The average molecular weight is 329 g/mol. The number of rotatable bonds is 3. The number of carbonyl (C=O) groups excluding carboxylic acids is 1. The van der Waals surface area contributed by atoms with E-state index in [1.165, 1.54) is 24.3 Å². The second kappa shape index (κ2) is 6.97. The van der Waals surface area contributed by atoms with Gasteiger partial charge in [-0.15, -0.1) is 0 Å². The Balaban J connectivity index is 2.03. The molecule has 0 radical (unpaired) electrons. The van der Waals surface area contributed by atoms with E-state index in [9.17, 15) is 14.9 Å². The minimum Gasteiger partial charge on any atom is -0.332 e. The van der Waals surface area contributed by atoms with E-state index < -0.39 is 10.8 Å². The van der Waals surface area contributed by atoms with Crippen LogP contribution in [0.15, 0.2) is 42.5 Å². The zero-order valence-corrected chi connectivity index (χ0v) is 13.4. The van der Waals surface area contributed by atoms with Gasteiger partial charge in [0.1, 0.15) is 0 Å². The van der Waals surface area contributed by atoms with Crippen molar-refractivity contribution < 1.29 is 9.72 Å². The van der Waals surface area contributed by atoms with E-state index in [-0.39, 0.29) is 10.8 Å². The van der Waals surface area contributed by atoms with Crippen molar-refractivity contribution in [2.24, 2.45) is 0 Å². The maximum absolute atomic E-state index is 12.1. The molecular formula is C16H15N3O3S. The number of amides is 1. The zero-order chi connectivity index (χ0) is 17.0. The average Bonchev–Trinajstić information content (AvgIpc) is 2.51. The molecule has 0 saturated carbocycles. The van der Waals surface area contributed by atoms with Crippen LogP contribution in [0.3, 0.4) is 0 Å². The summed E-state index contributed by atoms with van der Waals surface area (Å²) in [6, 6.07) is 11.2. The van der Waals surface area contributed by atoms with E-state index in [1.54, 1.807) is 0 Å². The number of anilines is 1. The minimum absolute atomic E-state index is 0.0716. The first-order chi connectivity index (χ1) is 10.9. The molecule has 0 spiro atoms. The molecule has 0 aliphatic carbocycles. The fourth-order valence-corrected chi connectivity index (χ4v) is 2.14. The van der Waals surface area contributed by atoms with Crippen molar-refractivity contribution >= 4 is 34.6 Å². The molecule has 0 unspecified atom stereocenters. The predicted octanol–water partition coefficient (Wildman–Crippen LogP) is 3.34. The van der Waals surface area contributed by atoms with E-state index in [1.807, 2.05) is 32.0 Å². The molecule has 7 heteroatoms. The molecule has 2 rings (SSSR count). The van der Waals surface area contributed by atoms with Crippen LogP contribution in [0.1, 0.15) is 21.5 Å². The Bertz CT molecular complexity index is 773. The maximum Gasteiger partial charge on any atom is 0.269 e. The van der Waals surface area contributed by atoms with Crippen LogP contribution in [0.2, 0.25) is 0 Å². The van der Waals surface area contributed by atoms with Crippen molar-refractivity contribution in [3.63, 3.8) is 0 Å². The highest BCUT2D eigenvalue weighted by Gasteiger charge is 2.11. The van der Waals surface area contributed by atoms with E-state index >= 15 is 0 Å². The Morgan fingerprint density at radius 3 is 2.39 bits per heavy atom. The molecule has 6 nitrogen and oxygen atoms in total. The minimum atomic E-state index is -0.519. The summed E-state index contributed by atoms with van der Waals surface area (Å²) in [5, 5.41) is 16.3. The number of nitro benzene ring substituents is 1. The number of hydrogen-bond donors (Lipinski definition) is 2. The van der Waals surface area contributed by atoms with Gasteiger partial charge in [-0.25, -0.2) is 0 Å². The first-order valence-corrected chi connectivity index (χ1v) is 7.21. The third-order valence-electron chi connectivity index (χ3n) is 3.21. The van der Waals surface area contributed by atoms with Gasteiger partial charge in [0.25, 0.3) is 11.6 Å². The smallest absolute Gasteiger partial charge is 0.269 e. The van der Waals surface area contributed by atoms with Gasteiger partial charge in [-0.3, -0.25) is 20.2 Å². The standard InChI is InChI=1S/C16H15N3O3S/c1-10-3-4-11(2)14(9-10)17-16(23)18-15(20)12-5-7-13(8-6-12)19(21)22/h3-9H,1-2H3,(H2,17,18,20,23). The SMILES string of the molecule is Cc1ccc(C)c(NC(=S)NC(=O)c2ccc([N+](=O)[O-])cc2)c1. The largest absolute Gasteiger partial charge is 0.332 e. The third-order valence-corrected chi connectivity index (χ3v) is 3.41. The number of nitro groups is 1. The van der Waals surface area contributed by atoms with Crippen LogP contribution < -0.4 is 10.6 Å². The lowest BCUT2D eigenvalue weighted by atomic mass is 10.1. The first-order valence-electron chi connectivity index (χ1n) is 6.81. The van der Waals surface area contributed by atoms with Gasteiger partial charge in [0.05, 0.1) is 4.92 Å². The Morgan fingerprint density at radius 1 is 1.13 bits per heavy atom. The summed E-state index contributed by atoms with van der Waals surface area (Å²) >= 11 is 5.13. The van der Waals surface area contributed by atoms with Crippen LogP contribution in [0.5, 0.6) is 0 Å². The van der Waals surface area contributed by atoms with Gasteiger partial charge < -0.3 is 5.32 Å². The van der Waals surface area contributed by atoms with Crippen molar-refractivity contribution in [1.29, 1.82) is 0 Å². The summed E-state index contributed by atoms with van der Waals surface area (Å²) in [5.74, 6) is -0.428. The highest BCUT2D eigenvalue weighted by molar-refractivity contribution is 7.80. The number of non-ortho nitro benzene ring substituents is 1. The lowest BCUT2D eigenvalue weighted by Gasteiger charge is -2.12. The molecule has 0 bridgehead atoms. The van der Waals surface area contributed by atoms with E-state index in [4.69, 9.17) is 12.2 Å². The second-order valence-corrected chi connectivity index (χ2v) is 5.44. The van der Waals surface area contributed by atoms with Crippen LogP contribution in [-0.4, -0.2) is 15.9 Å². The van der Waals surface area contributed by atoms with Gasteiger partial charge in [0.2, 0.25) is 0 Å². The monoisotopic (exact) mass is 329 g/mol. The van der Waals surface area contributed by atoms with E-state index in [0.717, 1.165) is 16.8 Å². The number of nitrogens with zero attached hydrogens (tertiary/aromatic N) is 1. The Hall–Kier alpha value is -2.80. The number of nitrogens with one attached hydrogen (secondary N) is 2. The molecule has 0 heterocycles. The molecule has 2 aromatic rings. The van der Waals surface area contributed by atoms with Crippen LogP contribution in [0.25, 0.3) is 0 Å². The van der Waals surface area contributed by atoms with Crippen LogP contribution in [0.4, 0.5) is 11.4 Å². The van der Waals surface area contributed by atoms with Crippen molar-refractivity contribution in [3.05, 3.63) is 69.3 Å². The summed E-state index contributed by atoms with van der Waals surface area (Å²) < 4.78 is 0. The predicted molar refractivity (Wildman–Crippen MR) is 92.7 cm³/mol. The lowest BCUT2D eigenvalue weighted by molar-refractivity contribution is -0.384. The molecule has 0 saturated heterocycles. The summed E-state index contributed by atoms with van der Waals surface area (Å²) in [6.45, 7) is 3.89. The first kappa shape index (κ1) is 16.6. The molecule has 118 valence electrons. The van der Waals surface area contributed by atoms with E-state index in [0.29, 0.717) is 5.56 Å². The highest BCUT2D eigenvalue weighted by Crippen LogP contribution is 2.16. The van der Waals surface area contributed by atoms with Gasteiger partial charge in [-0.1, -0.05) is 12.1 Å². The van der Waals surface area contributed by atoms with Gasteiger partial charge in [-0.05, 0) is 55.4 Å². The van der Waals surface area contributed by atoms with Gasteiger partial charge in [0.15, 0.2) is 5.11 Å². The van der Waals surface area contributed by atoms with Crippen molar-refractivity contribution in [3.8, 4) is 0 Å². The van der Waals surface area contributed by atoms with Crippen molar-refractivity contribution in [2.45, 2.75) is 13.8 Å². The molecule has 23 heavy (non-hydrogen) atoms. The Labute approximate surface area is 138 Å². The summed E-state index contributed by atoms with van der Waals surface area (Å²) in [4.78, 5) is 22.1. The zero-order valence-electron chi connectivity index (χ0n) is 12.6. The van der Waals surface area contributed by atoms with Crippen LogP contribution in [-0.2, 0) is 0 Å². The number of carbonyl (C=O) groups is 1. The number of aryl methyl sites for hydroxylation is 2. The summed E-state index contributed by atoms with van der Waals surface area (Å²) in [6.07, 6.45) is 0. The fraction of sp³-hybridized carbons (Fsp3) is 0.125. The molecule has 0 fully saturated rings. The van der Waals surface area contributed by atoms with Gasteiger partial charge in [-0.2, -0.15) is 0 Å². The van der Waals surface area contributed by atoms with Gasteiger partial charge >= 0.3 is 0 Å². The molecule has 2 aromatic carbocycles. The normalized spacial score (nSPS) is 10.0. The van der Waals surface area contributed by atoms with Gasteiger partial charge in [0, 0.05) is 23.4 Å². The molecule has 0 aliphatic rings. The number of thiocarbonyl (C=S) groups is 1. The lowest BCUT2D eigenvalue weighted by Crippen LogP contribution is -2.34. The van der Waals surface area contributed by atoms with Crippen LogP contribution >= 0.6 is 12.2 Å². The Kier molecular flexibility index (Phi) is 5.02. The number of hydrogen-bond acceptors (Lipinski definition) is 4. The molecule has 2 N–H and O–H groups in total. The molecule has 0 aliphatic heterocycles. The fourth-order valence-electron chi connectivity index (χ4n) is 1.93. The molecule has 0 atom stereocenters.